The Kier molecular flexibility index (Phi) is 5.74. The standard InChI is InChI=1S/C18H26N4O3S/c1-13-7-8-15(18-20-17(21-25-18)11-14(2)19-3)12-16(13)26(23,24)22-9-5-4-6-10-22/h7-8,12,14,19H,4-6,9-11H2,1-3H3. The monoisotopic (exact) mass is 378 g/mol. The summed E-state index contributed by atoms with van der Waals surface area (Å²) in [5, 5.41) is 7.13. The summed E-state index contributed by atoms with van der Waals surface area (Å²) < 4.78 is 33.0. The minimum atomic E-state index is -3.51. The molecule has 142 valence electrons. The maximum atomic E-state index is 13.0. The number of nitrogens with zero attached hydrogens (tertiary/aromatic N) is 3. The summed E-state index contributed by atoms with van der Waals surface area (Å²) in [6.45, 7) is 5.01. The molecule has 26 heavy (non-hydrogen) atoms. The Morgan fingerprint density at radius 1 is 1.27 bits per heavy atom. The van der Waals surface area contributed by atoms with Crippen LogP contribution in [0.4, 0.5) is 0 Å². The molecule has 0 aliphatic carbocycles. The third-order valence-corrected chi connectivity index (χ3v) is 6.86. The molecule has 8 heteroatoms. The van der Waals surface area contributed by atoms with Crippen molar-refractivity contribution in [1.29, 1.82) is 0 Å². The largest absolute Gasteiger partial charge is 0.334 e. The van der Waals surface area contributed by atoms with E-state index in [9.17, 15) is 8.42 Å². The lowest BCUT2D eigenvalue weighted by Crippen LogP contribution is -2.35. The minimum absolute atomic E-state index is 0.230. The summed E-state index contributed by atoms with van der Waals surface area (Å²) in [5.41, 5.74) is 1.35. The lowest BCUT2D eigenvalue weighted by atomic mass is 10.1. The van der Waals surface area contributed by atoms with E-state index < -0.39 is 10.0 Å². The van der Waals surface area contributed by atoms with Gasteiger partial charge in [-0.15, -0.1) is 0 Å². The van der Waals surface area contributed by atoms with E-state index in [-0.39, 0.29) is 6.04 Å². The van der Waals surface area contributed by atoms with E-state index in [2.05, 4.69) is 15.5 Å². The van der Waals surface area contributed by atoms with E-state index in [1.807, 2.05) is 27.0 Å². The summed E-state index contributed by atoms with van der Waals surface area (Å²) in [6.07, 6.45) is 3.55. The number of aryl methyl sites for hydroxylation is 1. The number of sulfonamides is 1. The van der Waals surface area contributed by atoms with Crippen molar-refractivity contribution in [3.63, 3.8) is 0 Å². The van der Waals surface area contributed by atoms with E-state index in [0.717, 1.165) is 24.8 Å². The summed E-state index contributed by atoms with van der Waals surface area (Å²) in [5.74, 6) is 0.946. The predicted molar refractivity (Wildman–Crippen MR) is 99.3 cm³/mol. The second kappa shape index (κ2) is 7.85. The van der Waals surface area contributed by atoms with Gasteiger partial charge in [-0.1, -0.05) is 17.6 Å². The Hall–Kier alpha value is -1.77. The molecule has 1 saturated heterocycles. The van der Waals surface area contributed by atoms with Gasteiger partial charge < -0.3 is 9.84 Å². The number of hydrogen-bond donors (Lipinski definition) is 1. The number of hydrogen-bond acceptors (Lipinski definition) is 6. The number of rotatable bonds is 6. The van der Waals surface area contributed by atoms with E-state index in [4.69, 9.17) is 4.52 Å². The summed E-state index contributed by atoms with van der Waals surface area (Å²) in [7, 11) is -1.63. The average molecular weight is 378 g/mol. The van der Waals surface area contributed by atoms with E-state index >= 15 is 0 Å². The molecule has 1 unspecified atom stereocenters. The number of nitrogens with one attached hydrogen (secondary N) is 1. The Morgan fingerprint density at radius 2 is 2.00 bits per heavy atom. The molecule has 3 rings (SSSR count). The molecule has 0 amide bonds. The second-order valence-corrected chi connectivity index (χ2v) is 8.76. The van der Waals surface area contributed by atoms with Gasteiger partial charge in [-0.3, -0.25) is 0 Å². The Morgan fingerprint density at radius 3 is 2.69 bits per heavy atom. The second-order valence-electron chi connectivity index (χ2n) is 6.85. The predicted octanol–water partition coefficient (Wildman–Crippen LogP) is 2.37. The number of likely N-dealkylation sites (N-methyl/N-ethyl adjacent to an activating group) is 1. The van der Waals surface area contributed by atoms with Crippen LogP contribution in [0, 0.1) is 6.92 Å². The van der Waals surface area contributed by atoms with E-state index in [1.54, 1.807) is 16.4 Å². The molecule has 0 spiro atoms. The van der Waals surface area contributed by atoms with Gasteiger partial charge in [0, 0.05) is 31.1 Å². The van der Waals surface area contributed by atoms with E-state index in [0.29, 0.717) is 41.7 Å². The van der Waals surface area contributed by atoms with E-state index in [1.165, 1.54) is 0 Å². The van der Waals surface area contributed by atoms with Gasteiger partial charge in [-0.05, 0) is 51.4 Å². The van der Waals surface area contributed by atoms with Crippen LogP contribution in [0.15, 0.2) is 27.6 Å². The molecule has 7 nitrogen and oxygen atoms in total. The van der Waals surface area contributed by atoms with Gasteiger partial charge in [0.1, 0.15) is 0 Å². The molecule has 1 aromatic carbocycles. The summed E-state index contributed by atoms with van der Waals surface area (Å²) in [6, 6.07) is 5.50. The highest BCUT2D eigenvalue weighted by molar-refractivity contribution is 7.89. The van der Waals surface area contributed by atoms with Gasteiger partial charge in [-0.25, -0.2) is 8.42 Å². The zero-order valence-corrected chi connectivity index (χ0v) is 16.3. The normalized spacial score (nSPS) is 17.3. The van der Waals surface area contributed by atoms with Crippen molar-refractivity contribution in [2.45, 2.75) is 50.5 Å². The first kappa shape index (κ1) is 19.0. The first-order chi connectivity index (χ1) is 12.4. The zero-order valence-electron chi connectivity index (χ0n) is 15.5. The average Bonchev–Trinajstić information content (AvgIpc) is 3.11. The SMILES string of the molecule is CNC(C)Cc1noc(-c2ccc(C)c(S(=O)(=O)N3CCCCC3)c2)n1. The van der Waals surface area contributed by atoms with Crippen LogP contribution in [-0.4, -0.2) is 49.0 Å². The van der Waals surface area contributed by atoms with Crippen molar-refractivity contribution in [2.24, 2.45) is 0 Å². The molecule has 1 fully saturated rings. The van der Waals surface area contributed by atoms with Crippen LogP contribution >= 0.6 is 0 Å². The van der Waals surface area contributed by atoms with Gasteiger partial charge in [0.15, 0.2) is 5.82 Å². The lowest BCUT2D eigenvalue weighted by molar-refractivity contribution is 0.346. The fourth-order valence-corrected chi connectivity index (χ4v) is 4.85. The van der Waals surface area contributed by atoms with Gasteiger partial charge in [-0.2, -0.15) is 9.29 Å². The highest BCUT2D eigenvalue weighted by atomic mass is 32.2. The van der Waals surface area contributed by atoms with Gasteiger partial charge in [0.05, 0.1) is 4.90 Å². The first-order valence-electron chi connectivity index (χ1n) is 9.03. The van der Waals surface area contributed by atoms with Crippen molar-refractivity contribution < 1.29 is 12.9 Å². The molecule has 1 aliphatic rings. The maximum absolute atomic E-state index is 13.0. The molecule has 0 saturated carbocycles. The van der Waals surface area contributed by atoms with Gasteiger partial charge in [0.25, 0.3) is 5.89 Å². The molecule has 2 aromatic rings. The highest BCUT2D eigenvalue weighted by Crippen LogP contribution is 2.28. The minimum Gasteiger partial charge on any atom is -0.334 e. The molecular formula is C18H26N4O3S. The summed E-state index contributed by atoms with van der Waals surface area (Å²) in [4.78, 5) is 4.73. The van der Waals surface area contributed by atoms with Crippen molar-refractivity contribution >= 4 is 10.0 Å². The van der Waals surface area contributed by atoms with Crippen LogP contribution in [0.25, 0.3) is 11.5 Å². The van der Waals surface area contributed by atoms with Crippen molar-refractivity contribution in [3.05, 3.63) is 29.6 Å². The third-order valence-electron chi connectivity index (χ3n) is 4.82. The Bertz CT molecular complexity index is 857. The molecule has 2 heterocycles. The molecule has 0 bridgehead atoms. The van der Waals surface area contributed by atoms with Crippen LogP contribution in [0.5, 0.6) is 0 Å². The molecule has 0 radical (unpaired) electrons. The zero-order chi connectivity index (χ0) is 18.7. The molecule has 1 aromatic heterocycles. The van der Waals surface area contributed by atoms with Crippen LogP contribution in [0.1, 0.15) is 37.6 Å². The molecule has 1 aliphatic heterocycles. The van der Waals surface area contributed by atoms with Crippen LogP contribution in [0.2, 0.25) is 0 Å². The molecule has 1 N–H and O–H groups in total. The van der Waals surface area contributed by atoms with Crippen molar-refractivity contribution in [1.82, 2.24) is 19.8 Å². The number of aromatic nitrogens is 2. The first-order valence-corrected chi connectivity index (χ1v) is 10.5. The lowest BCUT2D eigenvalue weighted by Gasteiger charge is -2.26. The molecule has 1 atom stereocenters. The smallest absolute Gasteiger partial charge is 0.257 e. The Labute approximate surface area is 154 Å². The topological polar surface area (TPSA) is 88.3 Å². The fourth-order valence-electron chi connectivity index (χ4n) is 3.09. The van der Waals surface area contributed by atoms with Crippen molar-refractivity contribution in [2.75, 3.05) is 20.1 Å². The maximum Gasteiger partial charge on any atom is 0.257 e. The Balaban J connectivity index is 1.90. The fraction of sp³-hybridized carbons (Fsp3) is 0.556. The number of benzene rings is 1. The quantitative estimate of drug-likeness (QED) is 0.830. The van der Waals surface area contributed by atoms with Crippen molar-refractivity contribution in [3.8, 4) is 11.5 Å². The molecular weight excluding hydrogens is 352 g/mol. The van der Waals surface area contributed by atoms with Crippen LogP contribution < -0.4 is 5.32 Å². The van der Waals surface area contributed by atoms with Gasteiger partial charge >= 0.3 is 0 Å². The number of piperidine rings is 1. The van der Waals surface area contributed by atoms with Crippen LogP contribution in [-0.2, 0) is 16.4 Å². The van der Waals surface area contributed by atoms with Gasteiger partial charge in [0.2, 0.25) is 10.0 Å². The summed E-state index contributed by atoms with van der Waals surface area (Å²) >= 11 is 0. The van der Waals surface area contributed by atoms with Crippen LogP contribution in [0.3, 0.4) is 0 Å². The third kappa shape index (κ3) is 3.97. The highest BCUT2D eigenvalue weighted by Gasteiger charge is 2.28.